The molecule has 0 atom stereocenters. The summed E-state index contributed by atoms with van der Waals surface area (Å²) in [5.41, 5.74) is 1.80. The molecule has 28 heavy (non-hydrogen) atoms. The van der Waals surface area contributed by atoms with E-state index in [1.807, 2.05) is 25.9 Å². The van der Waals surface area contributed by atoms with Gasteiger partial charge in [-0.2, -0.15) is 0 Å². The second-order valence-electron chi connectivity index (χ2n) is 6.93. The van der Waals surface area contributed by atoms with Crippen LogP contribution in [0.5, 0.6) is 5.75 Å². The van der Waals surface area contributed by atoms with E-state index in [-0.39, 0.29) is 9.92 Å². The Morgan fingerprint density at radius 1 is 1.07 bits per heavy atom. The Bertz CT molecular complexity index is 1120. The number of hydrogen-bond acceptors (Lipinski definition) is 4. The van der Waals surface area contributed by atoms with Gasteiger partial charge >= 0.3 is 0 Å². The van der Waals surface area contributed by atoms with Crippen LogP contribution in [0.15, 0.2) is 41.3 Å². The van der Waals surface area contributed by atoms with Crippen molar-refractivity contribution in [3.8, 4) is 5.75 Å². The fourth-order valence-electron chi connectivity index (χ4n) is 3.03. The highest BCUT2D eigenvalue weighted by atomic mass is 35.5. The molecule has 0 saturated heterocycles. The van der Waals surface area contributed by atoms with Crippen molar-refractivity contribution >= 4 is 44.1 Å². The van der Waals surface area contributed by atoms with Gasteiger partial charge in [0.05, 0.1) is 21.1 Å². The largest absolute Gasteiger partial charge is 0.490 e. The highest BCUT2D eigenvalue weighted by Gasteiger charge is 2.27. The van der Waals surface area contributed by atoms with Crippen LogP contribution in [-0.2, 0) is 10.0 Å². The first-order valence-electron chi connectivity index (χ1n) is 8.72. The van der Waals surface area contributed by atoms with Crippen LogP contribution in [0.25, 0.3) is 10.9 Å². The summed E-state index contributed by atoms with van der Waals surface area (Å²) in [6.07, 6.45) is 0. The first kappa shape index (κ1) is 21.0. The summed E-state index contributed by atoms with van der Waals surface area (Å²) in [6.45, 7) is 4.70. The van der Waals surface area contributed by atoms with Gasteiger partial charge in [0.1, 0.15) is 12.4 Å². The monoisotopic (exact) mass is 440 g/mol. The van der Waals surface area contributed by atoms with Gasteiger partial charge in [-0.3, -0.25) is 0 Å². The van der Waals surface area contributed by atoms with Crippen LogP contribution in [0.3, 0.4) is 0 Å². The van der Waals surface area contributed by atoms with Gasteiger partial charge in [-0.05, 0) is 52.2 Å². The van der Waals surface area contributed by atoms with Crippen molar-refractivity contribution in [2.75, 3.05) is 27.2 Å². The van der Waals surface area contributed by atoms with Gasteiger partial charge in [-0.25, -0.2) is 12.4 Å². The van der Waals surface area contributed by atoms with Crippen molar-refractivity contribution in [3.05, 3.63) is 57.7 Å². The molecular formula is C20H22Cl2N2O3S. The molecule has 0 aliphatic carbocycles. The van der Waals surface area contributed by atoms with E-state index in [1.54, 1.807) is 37.3 Å². The number of aromatic nitrogens is 1. The van der Waals surface area contributed by atoms with Gasteiger partial charge in [0, 0.05) is 17.0 Å². The lowest BCUT2D eigenvalue weighted by molar-refractivity contribution is 0.262. The van der Waals surface area contributed by atoms with Crippen molar-refractivity contribution in [2.24, 2.45) is 0 Å². The number of ether oxygens (including phenoxy) is 1. The maximum absolute atomic E-state index is 13.4. The molecule has 0 aliphatic rings. The van der Waals surface area contributed by atoms with E-state index < -0.39 is 10.0 Å². The number of hydrogen-bond donors (Lipinski definition) is 0. The van der Waals surface area contributed by atoms with E-state index in [9.17, 15) is 8.42 Å². The Balaban J connectivity index is 2.25. The van der Waals surface area contributed by atoms with Crippen LogP contribution < -0.4 is 4.74 Å². The molecule has 0 bridgehead atoms. The molecule has 8 heteroatoms. The van der Waals surface area contributed by atoms with E-state index in [2.05, 4.69) is 0 Å². The van der Waals surface area contributed by atoms with E-state index in [4.69, 9.17) is 27.9 Å². The van der Waals surface area contributed by atoms with Crippen LogP contribution >= 0.6 is 23.2 Å². The van der Waals surface area contributed by atoms with Crippen LogP contribution in [0.1, 0.15) is 11.3 Å². The molecule has 0 radical (unpaired) electrons. The van der Waals surface area contributed by atoms with Crippen LogP contribution in [0.4, 0.5) is 0 Å². The smallest absolute Gasteiger partial charge is 0.268 e. The minimum absolute atomic E-state index is 0.184. The normalized spacial score (nSPS) is 12.1. The Hall–Kier alpha value is -1.73. The van der Waals surface area contributed by atoms with Crippen LogP contribution in [-0.4, -0.2) is 44.5 Å². The van der Waals surface area contributed by atoms with Gasteiger partial charge < -0.3 is 9.64 Å². The molecule has 0 N–H and O–H groups in total. The Morgan fingerprint density at radius 3 is 2.32 bits per heavy atom. The molecule has 2 aromatic carbocycles. The van der Waals surface area contributed by atoms with E-state index in [1.165, 1.54) is 10.0 Å². The maximum Gasteiger partial charge on any atom is 0.268 e. The standard InChI is InChI=1S/C20H22Cl2N2O3S/c1-13-5-7-16(8-6-13)28(25,26)24-14(2)20(27-10-9-23(3)4)17-11-15(21)12-18(22)19(17)24/h5-8,11-12H,9-10H2,1-4H3. The second-order valence-corrected chi connectivity index (χ2v) is 9.56. The molecule has 5 nitrogen and oxygen atoms in total. The highest BCUT2D eigenvalue weighted by molar-refractivity contribution is 7.90. The SMILES string of the molecule is Cc1ccc(S(=O)(=O)n2c(C)c(OCCN(C)C)c3cc(Cl)cc(Cl)c32)cc1. The molecule has 0 unspecified atom stereocenters. The molecule has 0 amide bonds. The molecule has 1 aromatic heterocycles. The summed E-state index contributed by atoms with van der Waals surface area (Å²) >= 11 is 12.6. The summed E-state index contributed by atoms with van der Waals surface area (Å²) in [6, 6.07) is 9.93. The Kier molecular flexibility index (Phi) is 5.96. The van der Waals surface area contributed by atoms with E-state index >= 15 is 0 Å². The molecular weight excluding hydrogens is 419 g/mol. The number of halogens is 2. The van der Waals surface area contributed by atoms with Gasteiger partial charge in [-0.1, -0.05) is 40.9 Å². The van der Waals surface area contributed by atoms with Crippen molar-refractivity contribution < 1.29 is 13.2 Å². The van der Waals surface area contributed by atoms with Crippen molar-refractivity contribution in [1.82, 2.24) is 8.87 Å². The van der Waals surface area contributed by atoms with E-state index in [0.717, 1.165) is 5.56 Å². The minimum Gasteiger partial charge on any atom is -0.490 e. The van der Waals surface area contributed by atoms with Gasteiger partial charge in [0.25, 0.3) is 10.0 Å². The van der Waals surface area contributed by atoms with Gasteiger partial charge in [-0.15, -0.1) is 0 Å². The molecule has 150 valence electrons. The number of benzene rings is 2. The quantitative estimate of drug-likeness (QED) is 0.555. The minimum atomic E-state index is -3.87. The predicted octanol–water partition coefficient (Wildman–Crippen LogP) is 4.74. The molecule has 3 rings (SSSR count). The number of rotatable bonds is 6. The van der Waals surface area contributed by atoms with Gasteiger partial charge in [0.15, 0.2) is 0 Å². The lowest BCUT2D eigenvalue weighted by Crippen LogP contribution is -2.20. The van der Waals surface area contributed by atoms with Crippen molar-refractivity contribution in [1.29, 1.82) is 0 Å². The highest BCUT2D eigenvalue weighted by Crippen LogP contribution is 2.40. The average Bonchev–Trinajstić information content (AvgIpc) is 2.88. The molecule has 3 aromatic rings. The lowest BCUT2D eigenvalue weighted by Gasteiger charge is -2.12. The molecule has 1 heterocycles. The topological polar surface area (TPSA) is 51.5 Å². The fourth-order valence-corrected chi connectivity index (χ4v) is 5.23. The third-order valence-corrected chi connectivity index (χ3v) is 6.76. The summed E-state index contributed by atoms with van der Waals surface area (Å²) < 4.78 is 34.0. The summed E-state index contributed by atoms with van der Waals surface area (Å²) in [5.74, 6) is 0.469. The van der Waals surface area contributed by atoms with Crippen LogP contribution in [0.2, 0.25) is 10.0 Å². The zero-order valence-corrected chi connectivity index (χ0v) is 18.5. The zero-order valence-electron chi connectivity index (χ0n) is 16.2. The summed E-state index contributed by atoms with van der Waals surface area (Å²) in [4.78, 5) is 2.17. The second kappa shape index (κ2) is 7.95. The van der Waals surface area contributed by atoms with Crippen molar-refractivity contribution in [2.45, 2.75) is 18.7 Å². The molecule has 0 aliphatic heterocycles. The zero-order chi connectivity index (χ0) is 20.6. The number of aryl methyl sites for hydroxylation is 1. The first-order chi connectivity index (χ1) is 13.1. The number of likely N-dealkylation sites (N-methyl/N-ethyl adjacent to an activating group) is 1. The third kappa shape index (κ3) is 3.87. The third-order valence-electron chi connectivity index (χ3n) is 4.45. The first-order valence-corrected chi connectivity index (χ1v) is 10.9. The molecule has 0 saturated carbocycles. The van der Waals surface area contributed by atoms with Crippen molar-refractivity contribution in [3.63, 3.8) is 0 Å². The predicted molar refractivity (Wildman–Crippen MR) is 115 cm³/mol. The van der Waals surface area contributed by atoms with Gasteiger partial charge in [0.2, 0.25) is 0 Å². The summed E-state index contributed by atoms with van der Waals surface area (Å²) in [7, 11) is 0.00896. The van der Waals surface area contributed by atoms with Crippen LogP contribution in [0, 0.1) is 13.8 Å². The number of fused-ring (bicyclic) bond motifs is 1. The lowest BCUT2D eigenvalue weighted by atomic mass is 10.2. The molecule has 0 spiro atoms. The summed E-state index contributed by atoms with van der Waals surface area (Å²) in [5, 5.41) is 1.24. The Labute approximate surface area is 175 Å². The Morgan fingerprint density at radius 2 is 1.71 bits per heavy atom. The fraction of sp³-hybridized carbons (Fsp3) is 0.300. The maximum atomic E-state index is 13.4. The molecule has 0 fully saturated rings. The average molecular weight is 441 g/mol. The van der Waals surface area contributed by atoms with E-state index in [0.29, 0.717) is 40.5 Å². The number of nitrogens with zero attached hydrogens (tertiary/aromatic N) is 2.